The first-order valence-corrected chi connectivity index (χ1v) is 8.80. The van der Waals surface area contributed by atoms with Gasteiger partial charge in [-0.3, -0.25) is 4.79 Å². The van der Waals surface area contributed by atoms with Crippen LogP contribution in [0, 0.1) is 13.8 Å². The molecule has 1 fully saturated rings. The van der Waals surface area contributed by atoms with Gasteiger partial charge in [0.25, 0.3) is 0 Å². The first-order valence-electron chi connectivity index (χ1n) is 8.80. The van der Waals surface area contributed by atoms with Gasteiger partial charge in [-0.05, 0) is 20.3 Å². The van der Waals surface area contributed by atoms with E-state index in [2.05, 4.69) is 15.1 Å². The van der Waals surface area contributed by atoms with Crippen LogP contribution in [0.2, 0.25) is 0 Å². The van der Waals surface area contributed by atoms with Gasteiger partial charge in [-0.25, -0.2) is 4.98 Å². The largest absolute Gasteiger partial charge is 0.474 e. The molecule has 1 aliphatic rings. The van der Waals surface area contributed by atoms with Gasteiger partial charge in [0.15, 0.2) is 0 Å². The summed E-state index contributed by atoms with van der Waals surface area (Å²) in [6.07, 6.45) is 4.34. The van der Waals surface area contributed by atoms with E-state index < -0.39 is 0 Å². The molecule has 0 atom stereocenters. The summed E-state index contributed by atoms with van der Waals surface area (Å²) >= 11 is 0. The molecule has 0 bridgehead atoms. The number of carbonyl (C=O) groups is 1. The molecule has 3 rings (SSSR count). The smallest absolute Gasteiger partial charge is 0.319 e. The highest BCUT2D eigenvalue weighted by molar-refractivity contribution is 5.76. The standard InChI is InChI=1S/C18H24N4O4/c1-12-15(13(2)26-21-12)4-5-17(23)22-10-7-14(8-11-22)25-16-6-9-19-18(20-16)24-3/h6,9,14H,4-5,7-8,10-11H2,1-3H3. The van der Waals surface area contributed by atoms with Crippen LogP contribution in [0.5, 0.6) is 11.9 Å². The minimum absolute atomic E-state index is 0.0428. The molecule has 0 N–H and O–H groups in total. The number of piperidine rings is 1. The van der Waals surface area contributed by atoms with Crippen molar-refractivity contribution in [3.8, 4) is 11.9 Å². The molecule has 1 aliphatic heterocycles. The van der Waals surface area contributed by atoms with E-state index in [1.54, 1.807) is 12.3 Å². The second-order valence-corrected chi connectivity index (χ2v) is 6.38. The van der Waals surface area contributed by atoms with Crippen molar-refractivity contribution in [3.63, 3.8) is 0 Å². The Kier molecular flexibility index (Phi) is 5.70. The highest BCUT2D eigenvalue weighted by Crippen LogP contribution is 2.20. The lowest BCUT2D eigenvalue weighted by Gasteiger charge is -2.32. The molecule has 0 radical (unpaired) electrons. The Morgan fingerprint density at radius 3 is 2.77 bits per heavy atom. The zero-order chi connectivity index (χ0) is 18.5. The van der Waals surface area contributed by atoms with Crippen LogP contribution in [0.25, 0.3) is 0 Å². The number of ether oxygens (including phenoxy) is 2. The van der Waals surface area contributed by atoms with Crippen LogP contribution in [0.3, 0.4) is 0 Å². The first kappa shape index (κ1) is 18.2. The summed E-state index contributed by atoms with van der Waals surface area (Å²) in [5, 5.41) is 3.93. The highest BCUT2D eigenvalue weighted by atomic mass is 16.5. The third-order valence-corrected chi connectivity index (χ3v) is 4.64. The third-order valence-electron chi connectivity index (χ3n) is 4.64. The number of rotatable bonds is 6. The molecule has 8 heteroatoms. The van der Waals surface area contributed by atoms with Gasteiger partial charge in [0.05, 0.1) is 12.8 Å². The molecule has 1 amide bonds. The van der Waals surface area contributed by atoms with Gasteiger partial charge in [-0.2, -0.15) is 4.98 Å². The first-order chi connectivity index (χ1) is 12.6. The van der Waals surface area contributed by atoms with Crippen molar-refractivity contribution < 1.29 is 18.8 Å². The van der Waals surface area contributed by atoms with E-state index in [1.165, 1.54) is 7.11 Å². The molecule has 2 aromatic rings. The summed E-state index contributed by atoms with van der Waals surface area (Å²) in [5.41, 5.74) is 1.90. The Hall–Kier alpha value is -2.64. The second-order valence-electron chi connectivity index (χ2n) is 6.38. The summed E-state index contributed by atoms with van der Waals surface area (Å²) in [5.74, 6) is 1.45. The van der Waals surface area contributed by atoms with Crippen LogP contribution in [0.15, 0.2) is 16.8 Å². The van der Waals surface area contributed by atoms with Crippen LogP contribution in [0.4, 0.5) is 0 Å². The number of methoxy groups -OCH3 is 1. The molecule has 3 heterocycles. The van der Waals surface area contributed by atoms with Crippen LogP contribution in [-0.4, -0.2) is 52.2 Å². The predicted molar refractivity (Wildman–Crippen MR) is 93.1 cm³/mol. The van der Waals surface area contributed by atoms with Crippen molar-refractivity contribution in [2.24, 2.45) is 0 Å². The number of nitrogens with zero attached hydrogens (tertiary/aromatic N) is 4. The van der Waals surface area contributed by atoms with Gasteiger partial charge in [0.1, 0.15) is 11.9 Å². The Morgan fingerprint density at radius 2 is 2.12 bits per heavy atom. The van der Waals surface area contributed by atoms with Crippen molar-refractivity contribution in [2.75, 3.05) is 20.2 Å². The van der Waals surface area contributed by atoms with Crippen molar-refractivity contribution >= 4 is 5.91 Å². The van der Waals surface area contributed by atoms with E-state index >= 15 is 0 Å². The van der Waals surface area contributed by atoms with E-state index in [0.717, 1.165) is 29.9 Å². The molecule has 0 aliphatic carbocycles. The van der Waals surface area contributed by atoms with Gasteiger partial charge in [0, 0.05) is 50.2 Å². The van der Waals surface area contributed by atoms with Crippen LogP contribution in [-0.2, 0) is 11.2 Å². The molecule has 2 aromatic heterocycles. The molecule has 1 saturated heterocycles. The number of hydrogen-bond donors (Lipinski definition) is 0. The second kappa shape index (κ2) is 8.16. The van der Waals surface area contributed by atoms with Crippen molar-refractivity contribution in [2.45, 2.75) is 45.6 Å². The maximum absolute atomic E-state index is 12.5. The van der Waals surface area contributed by atoms with Gasteiger partial charge in [0.2, 0.25) is 11.8 Å². The molecule has 8 nitrogen and oxygen atoms in total. The summed E-state index contributed by atoms with van der Waals surface area (Å²) in [4.78, 5) is 22.5. The minimum Gasteiger partial charge on any atom is -0.474 e. The van der Waals surface area contributed by atoms with Crippen LogP contribution < -0.4 is 9.47 Å². The monoisotopic (exact) mass is 360 g/mol. The fourth-order valence-corrected chi connectivity index (χ4v) is 3.13. The lowest BCUT2D eigenvalue weighted by atomic mass is 10.0. The number of aryl methyl sites for hydroxylation is 2. The number of amides is 1. The van der Waals surface area contributed by atoms with Gasteiger partial charge < -0.3 is 18.9 Å². The third kappa shape index (κ3) is 4.30. The van der Waals surface area contributed by atoms with Crippen molar-refractivity contribution in [1.29, 1.82) is 0 Å². The lowest BCUT2D eigenvalue weighted by molar-refractivity contribution is -0.132. The minimum atomic E-state index is 0.0428. The van der Waals surface area contributed by atoms with Gasteiger partial charge in [-0.1, -0.05) is 5.16 Å². The Bertz CT molecular complexity index is 734. The zero-order valence-electron chi connectivity index (χ0n) is 15.4. The normalized spacial score (nSPS) is 15.1. The summed E-state index contributed by atoms with van der Waals surface area (Å²) in [6.45, 7) is 5.16. The highest BCUT2D eigenvalue weighted by Gasteiger charge is 2.24. The van der Waals surface area contributed by atoms with E-state index in [-0.39, 0.29) is 18.0 Å². The van der Waals surface area contributed by atoms with E-state index in [9.17, 15) is 4.79 Å². The van der Waals surface area contributed by atoms with Gasteiger partial charge >= 0.3 is 6.01 Å². The molecule has 140 valence electrons. The summed E-state index contributed by atoms with van der Waals surface area (Å²) in [7, 11) is 1.52. The fourth-order valence-electron chi connectivity index (χ4n) is 3.13. The maximum atomic E-state index is 12.5. The maximum Gasteiger partial charge on any atom is 0.319 e. The summed E-state index contributed by atoms with van der Waals surface area (Å²) in [6, 6.07) is 2.00. The fraction of sp³-hybridized carbons (Fsp3) is 0.556. The molecular weight excluding hydrogens is 336 g/mol. The molecule has 26 heavy (non-hydrogen) atoms. The SMILES string of the molecule is COc1nccc(OC2CCN(C(=O)CCc3c(C)noc3C)CC2)n1. The number of hydrogen-bond acceptors (Lipinski definition) is 7. The number of aromatic nitrogens is 3. The van der Waals surface area contributed by atoms with E-state index in [1.807, 2.05) is 18.7 Å². The van der Waals surface area contributed by atoms with Crippen LogP contribution in [0.1, 0.15) is 36.3 Å². The molecule has 0 spiro atoms. The topological polar surface area (TPSA) is 90.6 Å². The lowest BCUT2D eigenvalue weighted by Crippen LogP contribution is -2.42. The Morgan fingerprint density at radius 1 is 1.35 bits per heavy atom. The van der Waals surface area contributed by atoms with E-state index in [4.69, 9.17) is 14.0 Å². The molecule has 0 unspecified atom stereocenters. The Labute approximate surface area is 152 Å². The average molecular weight is 360 g/mol. The zero-order valence-corrected chi connectivity index (χ0v) is 15.4. The van der Waals surface area contributed by atoms with Crippen LogP contribution >= 0.6 is 0 Å². The number of carbonyl (C=O) groups excluding carboxylic acids is 1. The quantitative estimate of drug-likeness (QED) is 0.779. The average Bonchev–Trinajstić information content (AvgIpc) is 2.98. The van der Waals surface area contributed by atoms with Crippen molar-refractivity contribution in [1.82, 2.24) is 20.0 Å². The molecular formula is C18H24N4O4. The number of likely N-dealkylation sites (tertiary alicyclic amines) is 1. The van der Waals surface area contributed by atoms with Gasteiger partial charge in [-0.15, -0.1) is 0 Å². The molecule has 0 aromatic carbocycles. The van der Waals surface area contributed by atoms with Crippen molar-refractivity contribution in [3.05, 3.63) is 29.3 Å². The Balaban J connectivity index is 1.46. The predicted octanol–water partition coefficient (Wildman–Crippen LogP) is 2.09. The molecule has 0 saturated carbocycles. The van der Waals surface area contributed by atoms with E-state index in [0.29, 0.717) is 31.8 Å². The summed E-state index contributed by atoms with van der Waals surface area (Å²) < 4.78 is 16.0.